The normalized spacial score (nSPS) is 13.5. The Bertz CT molecular complexity index is 508. The first kappa shape index (κ1) is 14.1. The number of hydrogen-bond donors (Lipinski definition) is 1. The van der Waals surface area contributed by atoms with Crippen LogP contribution in [0.3, 0.4) is 0 Å². The number of rotatable bonds is 5. The summed E-state index contributed by atoms with van der Waals surface area (Å²) in [5.74, 6) is -0.393. The van der Waals surface area contributed by atoms with E-state index in [1.54, 1.807) is 0 Å². The molecule has 0 bridgehead atoms. The van der Waals surface area contributed by atoms with Gasteiger partial charge in [-0.3, -0.25) is 4.21 Å². The van der Waals surface area contributed by atoms with E-state index >= 15 is 0 Å². The monoisotopic (exact) mass is 279 g/mol. The molecular weight excluding hydrogens is 265 g/mol. The highest BCUT2D eigenvalue weighted by molar-refractivity contribution is 7.90. The van der Waals surface area contributed by atoms with Crippen LogP contribution in [0.25, 0.3) is 0 Å². The molecule has 0 heterocycles. The Morgan fingerprint density at radius 3 is 2.53 bits per heavy atom. The lowest BCUT2D eigenvalue weighted by Crippen LogP contribution is -2.08. The van der Waals surface area contributed by atoms with E-state index in [1.165, 1.54) is 6.07 Å². The zero-order valence-corrected chi connectivity index (χ0v) is 11.0. The van der Waals surface area contributed by atoms with E-state index in [1.807, 2.05) is 0 Å². The minimum atomic E-state index is -3.05. The van der Waals surface area contributed by atoms with Crippen molar-refractivity contribution < 1.29 is 17.0 Å². The van der Waals surface area contributed by atoms with Gasteiger partial charge >= 0.3 is 0 Å². The molecule has 1 unspecified atom stereocenters. The van der Waals surface area contributed by atoms with Gasteiger partial charge < -0.3 is 5.73 Å². The number of nitrogens with two attached hydrogens (primary N) is 1. The van der Waals surface area contributed by atoms with E-state index in [9.17, 15) is 17.0 Å². The minimum absolute atomic E-state index is 0.0243. The van der Waals surface area contributed by atoms with E-state index in [0.29, 0.717) is 0 Å². The molecule has 1 aromatic carbocycles. The van der Waals surface area contributed by atoms with Gasteiger partial charge in [0.2, 0.25) is 0 Å². The Balaban J connectivity index is 2.64. The molecule has 0 aliphatic rings. The summed E-state index contributed by atoms with van der Waals surface area (Å²) in [5, 5.41) is 0. The summed E-state index contributed by atoms with van der Waals surface area (Å²) in [4.78, 5) is 0.288. The van der Waals surface area contributed by atoms with Crippen molar-refractivity contribution in [1.82, 2.24) is 0 Å². The van der Waals surface area contributed by atoms with Crippen molar-refractivity contribution in [2.45, 2.75) is 11.3 Å². The van der Waals surface area contributed by atoms with Crippen LogP contribution in [-0.2, 0) is 20.6 Å². The van der Waals surface area contributed by atoms with Gasteiger partial charge in [0, 0.05) is 22.6 Å². The number of sulfone groups is 1. The summed E-state index contributed by atoms with van der Waals surface area (Å²) >= 11 is 0. The summed E-state index contributed by atoms with van der Waals surface area (Å²) in [6, 6.07) is 3.71. The fraction of sp³-hybridized carbons (Fsp3) is 0.400. The molecule has 1 aromatic rings. The van der Waals surface area contributed by atoms with E-state index in [2.05, 4.69) is 0 Å². The third kappa shape index (κ3) is 5.27. The third-order valence-corrected chi connectivity index (χ3v) is 4.45. The van der Waals surface area contributed by atoms with Crippen LogP contribution in [0.15, 0.2) is 23.1 Å². The molecule has 0 saturated carbocycles. The van der Waals surface area contributed by atoms with E-state index < -0.39 is 26.5 Å². The van der Waals surface area contributed by atoms with Crippen LogP contribution in [0.4, 0.5) is 10.1 Å². The molecule has 96 valence electrons. The number of halogens is 1. The first-order chi connectivity index (χ1) is 7.78. The first-order valence-electron chi connectivity index (χ1n) is 4.90. The van der Waals surface area contributed by atoms with Crippen molar-refractivity contribution in [2.24, 2.45) is 0 Å². The molecule has 17 heavy (non-hydrogen) atoms. The van der Waals surface area contributed by atoms with Gasteiger partial charge in [-0.05, 0) is 24.6 Å². The molecule has 1 rings (SSSR count). The second-order valence-electron chi connectivity index (χ2n) is 3.75. The van der Waals surface area contributed by atoms with Gasteiger partial charge in [-0.2, -0.15) is 0 Å². The van der Waals surface area contributed by atoms with E-state index in [0.717, 1.165) is 18.4 Å². The van der Waals surface area contributed by atoms with Gasteiger partial charge in [-0.25, -0.2) is 12.8 Å². The lowest BCUT2D eigenvalue weighted by Gasteiger charge is -2.03. The zero-order valence-electron chi connectivity index (χ0n) is 9.35. The number of benzene rings is 1. The highest BCUT2D eigenvalue weighted by Gasteiger charge is 2.09. The molecule has 0 amide bonds. The maximum absolute atomic E-state index is 13.0. The number of nitrogen functional groups attached to an aromatic ring is 1. The SMILES string of the molecule is CS(=O)(=O)CCCS(=O)c1cc(N)cc(F)c1. The Kier molecular flexibility index (Phi) is 4.64. The second kappa shape index (κ2) is 5.59. The molecule has 7 heteroatoms. The van der Waals surface area contributed by atoms with Crippen molar-refractivity contribution in [3.63, 3.8) is 0 Å². The molecular formula is C10H14FNO3S2. The largest absolute Gasteiger partial charge is 0.399 e. The summed E-state index contributed by atoms with van der Waals surface area (Å²) in [5.41, 5.74) is 5.63. The molecule has 1 atom stereocenters. The lowest BCUT2D eigenvalue weighted by atomic mass is 10.3. The van der Waals surface area contributed by atoms with Crippen LogP contribution >= 0.6 is 0 Å². The van der Waals surface area contributed by atoms with Crippen LogP contribution in [0, 0.1) is 5.82 Å². The fourth-order valence-corrected chi connectivity index (χ4v) is 3.29. The predicted octanol–water partition coefficient (Wildman–Crippen LogP) is 0.950. The van der Waals surface area contributed by atoms with E-state index in [-0.39, 0.29) is 28.5 Å². The molecule has 2 N–H and O–H groups in total. The van der Waals surface area contributed by atoms with Crippen LogP contribution < -0.4 is 5.73 Å². The Morgan fingerprint density at radius 2 is 2.00 bits per heavy atom. The maximum Gasteiger partial charge on any atom is 0.147 e. The highest BCUT2D eigenvalue weighted by Crippen LogP contribution is 2.15. The second-order valence-corrected chi connectivity index (χ2v) is 7.58. The fourth-order valence-electron chi connectivity index (χ4n) is 1.29. The topological polar surface area (TPSA) is 77.2 Å². The molecule has 4 nitrogen and oxygen atoms in total. The van der Waals surface area contributed by atoms with Gasteiger partial charge in [0.25, 0.3) is 0 Å². The van der Waals surface area contributed by atoms with Crippen LogP contribution in [0.2, 0.25) is 0 Å². The van der Waals surface area contributed by atoms with Crippen molar-refractivity contribution in [2.75, 3.05) is 23.5 Å². The first-order valence-corrected chi connectivity index (χ1v) is 8.28. The smallest absolute Gasteiger partial charge is 0.147 e. The third-order valence-electron chi connectivity index (χ3n) is 2.00. The molecule has 0 fully saturated rings. The summed E-state index contributed by atoms with van der Waals surface area (Å²) in [7, 11) is -4.47. The van der Waals surface area contributed by atoms with Crippen molar-refractivity contribution >= 4 is 26.3 Å². The zero-order chi connectivity index (χ0) is 13.1. The molecule has 0 aromatic heterocycles. The van der Waals surface area contributed by atoms with Gasteiger partial charge in [0.15, 0.2) is 0 Å². The number of anilines is 1. The van der Waals surface area contributed by atoms with Gasteiger partial charge in [0.1, 0.15) is 15.7 Å². The van der Waals surface area contributed by atoms with E-state index in [4.69, 9.17) is 5.73 Å². The Hall–Kier alpha value is -0.950. The Labute approximate surface area is 102 Å². The maximum atomic E-state index is 13.0. The minimum Gasteiger partial charge on any atom is -0.399 e. The average Bonchev–Trinajstić information content (AvgIpc) is 2.13. The van der Waals surface area contributed by atoms with Gasteiger partial charge in [-0.15, -0.1) is 0 Å². The van der Waals surface area contributed by atoms with Gasteiger partial charge in [0.05, 0.1) is 16.6 Å². The summed E-state index contributed by atoms with van der Waals surface area (Å²) in [6.45, 7) is 0. The van der Waals surface area contributed by atoms with Crippen molar-refractivity contribution in [3.8, 4) is 0 Å². The van der Waals surface area contributed by atoms with Crippen molar-refractivity contribution in [3.05, 3.63) is 24.0 Å². The van der Waals surface area contributed by atoms with Crippen LogP contribution in [-0.4, -0.2) is 30.4 Å². The van der Waals surface area contributed by atoms with Crippen molar-refractivity contribution in [1.29, 1.82) is 0 Å². The summed E-state index contributed by atoms with van der Waals surface area (Å²) in [6.07, 6.45) is 1.40. The Morgan fingerprint density at radius 1 is 1.35 bits per heavy atom. The molecule has 0 spiro atoms. The van der Waals surface area contributed by atoms with Crippen LogP contribution in [0.5, 0.6) is 0 Å². The molecule has 0 aliphatic carbocycles. The molecule has 0 aliphatic heterocycles. The predicted molar refractivity (Wildman–Crippen MR) is 66.4 cm³/mol. The van der Waals surface area contributed by atoms with Crippen LogP contribution in [0.1, 0.15) is 6.42 Å². The lowest BCUT2D eigenvalue weighted by molar-refractivity contribution is 0.600. The quantitative estimate of drug-likeness (QED) is 0.814. The number of hydrogen-bond acceptors (Lipinski definition) is 4. The highest BCUT2D eigenvalue weighted by atomic mass is 32.2. The summed E-state index contributed by atoms with van der Waals surface area (Å²) < 4.78 is 46.5. The van der Waals surface area contributed by atoms with Gasteiger partial charge in [-0.1, -0.05) is 0 Å². The molecule has 0 saturated heterocycles. The average molecular weight is 279 g/mol. The molecule has 0 radical (unpaired) electrons. The standard InChI is InChI=1S/C10H14FNO3S2/c1-17(14,15)4-2-3-16(13)10-6-8(11)5-9(12)7-10/h5-7H,2-4,12H2,1H3.